The lowest BCUT2D eigenvalue weighted by Gasteiger charge is -2.12. The molecule has 4 nitrogen and oxygen atoms in total. The van der Waals surface area contributed by atoms with Gasteiger partial charge in [0.25, 0.3) is 0 Å². The van der Waals surface area contributed by atoms with E-state index < -0.39 is 0 Å². The van der Waals surface area contributed by atoms with Gasteiger partial charge >= 0.3 is 0 Å². The average Bonchev–Trinajstić information content (AvgIpc) is 3.15. The number of allylic oxidation sites excluding steroid dienone is 1. The number of nitriles is 1. The van der Waals surface area contributed by atoms with E-state index in [0.29, 0.717) is 28.8 Å². The van der Waals surface area contributed by atoms with E-state index in [1.807, 2.05) is 60.7 Å². The van der Waals surface area contributed by atoms with Crippen molar-refractivity contribution in [2.24, 2.45) is 0 Å². The van der Waals surface area contributed by atoms with Crippen molar-refractivity contribution in [1.29, 1.82) is 5.26 Å². The minimum Gasteiger partial charge on any atom is -0.487 e. The molecule has 0 fully saturated rings. The van der Waals surface area contributed by atoms with Crippen LogP contribution in [0.4, 0.5) is 0 Å². The molecule has 0 amide bonds. The molecule has 4 rings (SSSR count). The van der Waals surface area contributed by atoms with Crippen LogP contribution in [0.1, 0.15) is 17.0 Å². The highest BCUT2D eigenvalue weighted by atomic mass is 79.9. The van der Waals surface area contributed by atoms with Gasteiger partial charge < -0.3 is 9.72 Å². The van der Waals surface area contributed by atoms with E-state index in [2.05, 4.69) is 47.9 Å². The first-order chi connectivity index (χ1) is 14.5. The van der Waals surface area contributed by atoms with Crippen molar-refractivity contribution >= 4 is 66.1 Å². The van der Waals surface area contributed by atoms with Gasteiger partial charge in [-0.3, -0.25) is 0 Å². The Kier molecular flexibility index (Phi) is 6.24. The van der Waals surface area contributed by atoms with Gasteiger partial charge in [0.1, 0.15) is 24.3 Å². The summed E-state index contributed by atoms with van der Waals surface area (Å²) >= 11 is 13.2. The summed E-state index contributed by atoms with van der Waals surface area (Å²) in [5, 5.41) is 10.3. The van der Waals surface area contributed by atoms with Gasteiger partial charge in [-0.25, -0.2) is 4.98 Å². The zero-order valence-electron chi connectivity index (χ0n) is 15.5. The molecule has 3 aromatic carbocycles. The zero-order chi connectivity index (χ0) is 21.1. The summed E-state index contributed by atoms with van der Waals surface area (Å²) in [4.78, 5) is 7.70. The Morgan fingerprint density at radius 3 is 2.57 bits per heavy atom. The van der Waals surface area contributed by atoms with Crippen LogP contribution in [0.3, 0.4) is 0 Å². The Morgan fingerprint density at radius 1 is 1.10 bits per heavy atom. The molecule has 0 saturated heterocycles. The molecule has 1 heterocycles. The standard InChI is InChI=1S/C23H14Br2ClN3O/c24-18-10-15(8-16(12-27)23-28-20-6-1-2-7-21(20)29-23)11-19(25)22(18)30-13-14-4-3-5-17(26)9-14/h1-11H,13H2,(H,28,29)/b16-8+. The molecule has 0 spiro atoms. The van der Waals surface area contributed by atoms with Gasteiger partial charge in [0, 0.05) is 5.02 Å². The minimum absolute atomic E-state index is 0.384. The van der Waals surface area contributed by atoms with Crippen LogP contribution in [0.2, 0.25) is 5.02 Å². The van der Waals surface area contributed by atoms with Crippen LogP contribution in [0.5, 0.6) is 5.75 Å². The predicted molar refractivity (Wildman–Crippen MR) is 127 cm³/mol. The third-order valence-corrected chi connectivity index (χ3v) is 5.78. The van der Waals surface area contributed by atoms with E-state index in [9.17, 15) is 5.26 Å². The molecular weight excluding hydrogens is 530 g/mol. The topological polar surface area (TPSA) is 61.7 Å². The third-order valence-electron chi connectivity index (χ3n) is 4.37. The fourth-order valence-electron chi connectivity index (χ4n) is 2.98. The van der Waals surface area contributed by atoms with E-state index in [0.717, 1.165) is 31.1 Å². The van der Waals surface area contributed by atoms with Crippen LogP contribution in [0.15, 0.2) is 69.6 Å². The predicted octanol–water partition coefficient (Wildman–Crippen LogP) is 7.38. The molecular formula is C23H14Br2ClN3O. The maximum absolute atomic E-state index is 9.65. The lowest BCUT2D eigenvalue weighted by Crippen LogP contribution is -1.97. The number of imidazole rings is 1. The number of benzene rings is 3. The van der Waals surface area contributed by atoms with Crippen molar-refractivity contribution in [1.82, 2.24) is 9.97 Å². The Labute approximate surface area is 195 Å². The highest BCUT2D eigenvalue weighted by Gasteiger charge is 2.12. The first kappa shape index (κ1) is 20.7. The number of ether oxygens (including phenoxy) is 1. The summed E-state index contributed by atoms with van der Waals surface area (Å²) in [6, 6.07) is 21.2. The molecule has 4 aromatic rings. The van der Waals surface area contributed by atoms with E-state index in [4.69, 9.17) is 16.3 Å². The van der Waals surface area contributed by atoms with Gasteiger partial charge in [-0.1, -0.05) is 35.9 Å². The molecule has 0 radical (unpaired) electrons. The molecule has 7 heteroatoms. The Hall–Kier alpha value is -2.59. The minimum atomic E-state index is 0.384. The molecule has 0 aliphatic rings. The second-order valence-electron chi connectivity index (χ2n) is 6.50. The Morgan fingerprint density at radius 2 is 1.87 bits per heavy atom. The molecule has 0 bridgehead atoms. The van der Waals surface area contributed by atoms with Crippen LogP contribution >= 0.6 is 43.5 Å². The number of fused-ring (bicyclic) bond motifs is 1. The maximum Gasteiger partial charge on any atom is 0.149 e. The number of nitrogens with one attached hydrogen (secondary N) is 1. The van der Waals surface area contributed by atoms with Gasteiger partial charge in [0.15, 0.2) is 0 Å². The fourth-order valence-corrected chi connectivity index (χ4v) is 4.65. The van der Waals surface area contributed by atoms with Crippen LogP contribution < -0.4 is 4.74 Å². The summed E-state index contributed by atoms with van der Waals surface area (Å²) in [7, 11) is 0. The third kappa shape index (κ3) is 4.59. The Bertz CT molecular complexity index is 1250. The SMILES string of the molecule is N#C/C(=C\c1cc(Br)c(OCc2cccc(Cl)c2)c(Br)c1)c1nc2ccccc2[nH]1. The number of halogens is 3. The second-order valence-corrected chi connectivity index (χ2v) is 8.65. The monoisotopic (exact) mass is 541 g/mol. The highest BCUT2D eigenvalue weighted by molar-refractivity contribution is 9.11. The first-order valence-corrected chi connectivity index (χ1v) is 10.9. The van der Waals surface area contributed by atoms with Crippen molar-refractivity contribution in [3.05, 3.63) is 91.6 Å². The highest BCUT2D eigenvalue weighted by Crippen LogP contribution is 2.36. The molecule has 1 aromatic heterocycles. The quantitative estimate of drug-likeness (QED) is 0.267. The molecule has 0 atom stereocenters. The van der Waals surface area contributed by atoms with E-state index >= 15 is 0 Å². The molecule has 0 aliphatic heterocycles. The van der Waals surface area contributed by atoms with Crippen LogP contribution in [-0.2, 0) is 6.61 Å². The largest absolute Gasteiger partial charge is 0.487 e. The summed E-state index contributed by atoms with van der Waals surface area (Å²) in [5.41, 5.74) is 3.96. The molecule has 30 heavy (non-hydrogen) atoms. The van der Waals surface area contributed by atoms with Gasteiger partial charge in [0.05, 0.1) is 25.6 Å². The van der Waals surface area contributed by atoms with Gasteiger partial charge in [0.2, 0.25) is 0 Å². The van der Waals surface area contributed by atoms with E-state index in [1.54, 1.807) is 6.08 Å². The first-order valence-electron chi connectivity index (χ1n) is 8.96. The Balaban J connectivity index is 1.60. The van der Waals surface area contributed by atoms with Gasteiger partial charge in [-0.2, -0.15) is 5.26 Å². The number of hydrogen-bond acceptors (Lipinski definition) is 3. The van der Waals surface area contributed by atoms with Gasteiger partial charge in [-0.05, 0) is 85.5 Å². The number of aromatic nitrogens is 2. The van der Waals surface area contributed by atoms with E-state index in [1.165, 1.54) is 0 Å². The van der Waals surface area contributed by atoms with Crippen molar-refractivity contribution in [3.8, 4) is 11.8 Å². The summed E-state index contributed by atoms with van der Waals surface area (Å²) in [6.07, 6.45) is 1.79. The summed E-state index contributed by atoms with van der Waals surface area (Å²) in [5.74, 6) is 1.21. The lowest BCUT2D eigenvalue weighted by molar-refractivity contribution is 0.302. The van der Waals surface area contributed by atoms with Crippen molar-refractivity contribution < 1.29 is 4.74 Å². The van der Waals surface area contributed by atoms with Crippen LogP contribution in [0, 0.1) is 11.3 Å². The number of rotatable bonds is 5. The average molecular weight is 544 g/mol. The van der Waals surface area contributed by atoms with Crippen LogP contribution in [0.25, 0.3) is 22.7 Å². The molecule has 0 saturated carbocycles. The second kappa shape index (κ2) is 9.05. The number of H-pyrrole nitrogens is 1. The summed E-state index contributed by atoms with van der Waals surface area (Å²) < 4.78 is 7.50. The normalized spacial score (nSPS) is 11.5. The van der Waals surface area contributed by atoms with Crippen molar-refractivity contribution in [3.63, 3.8) is 0 Å². The van der Waals surface area contributed by atoms with E-state index in [-0.39, 0.29) is 0 Å². The molecule has 1 N–H and O–H groups in total. The number of hydrogen-bond donors (Lipinski definition) is 1. The molecule has 148 valence electrons. The summed E-state index contributed by atoms with van der Waals surface area (Å²) in [6.45, 7) is 0.384. The number of aromatic amines is 1. The molecule has 0 unspecified atom stereocenters. The number of para-hydroxylation sites is 2. The lowest BCUT2D eigenvalue weighted by atomic mass is 10.1. The smallest absolute Gasteiger partial charge is 0.149 e. The van der Waals surface area contributed by atoms with Crippen molar-refractivity contribution in [2.75, 3.05) is 0 Å². The van der Waals surface area contributed by atoms with Gasteiger partial charge in [-0.15, -0.1) is 0 Å². The number of nitrogens with zero attached hydrogens (tertiary/aromatic N) is 2. The zero-order valence-corrected chi connectivity index (χ0v) is 19.4. The fraction of sp³-hybridized carbons (Fsp3) is 0.0435. The molecule has 0 aliphatic carbocycles. The van der Waals surface area contributed by atoms with Crippen LogP contribution in [-0.4, -0.2) is 9.97 Å². The maximum atomic E-state index is 9.65. The van der Waals surface area contributed by atoms with Crippen molar-refractivity contribution in [2.45, 2.75) is 6.61 Å².